The van der Waals surface area contributed by atoms with Crippen molar-refractivity contribution < 1.29 is 9.18 Å². The van der Waals surface area contributed by atoms with Crippen LogP contribution >= 0.6 is 0 Å². The van der Waals surface area contributed by atoms with Crippen LogP contribution in [0.4, 0.5) is 4.39 Å². The second-order valence-corrected chi connectivity index (χ2v) is 2.22. The van der Waals surface area contributed by atoms with Gasteiger partial charge in [-0.25, -0.2) is 4.39 Å². The summed E-state index contributed by atoms with van der Waals surface area (Å²) in [6, 6.07) is 5.32. The van der Waals surface area contributed by atoms with Gasteiger partial charge in [0.2, 0.25) is 0 Å². The number of ketones is 1. The molecule has 12 heavy (non-hydrogen) atoms. The third-order valence-corrected chi connectivity index (χ3v) is 1.36. The van der Waals surface area contributed by atoms with Crippen molar-refractivity contribution in [1.82, 2.24) is 0 Å². The van der Waals surface area contributed by atoms with E-state index < -0.39 is 0 Å². The Balaban J connectivity index is 2.97. The Morgan fingerprint density at radius 1 is 1.42 bits per heavy atom. The number of benzene rings is 1. The topological polar surface area (TPSA) is 17.1 Å². The predicted octanol–water partition coefficient (Wildman–Crippen LogP) is 2.35. The highest BCUT2D eigenvalue weighted by Crippen LogP contribution is 2.03. The number of hydrogen-bond acceptors (Lipinski definition) is 1. The average Bonchev–Trinajstić information content (AvgIpc) is 2.06. The Morgan fingerprint density at radius 2 is 2.00 bits per heavy atom. The van der Waals surface area contributed by atoms with Crippen LogP contribution in [0.3, 0.4) is 0 Å². The van der Waals surface area contributed by atoms with Gasteiger partial charge in [-0.3, -0.25) is 4.79 Å². The quantitative estimate of drug-likeness (QED) is 0.370. The fourth-order valence-corrected chi connectivity index (χ4v) is 0.790. The fourth-order valence-electron chi connectivity index (χ4n) is 0.790. The Kier molecular flexibility index (Phi) is 2.57. The molecule has 1 nitrogen and oxygen atoms in total. The number of rotatable bonds is 2. The van der Waals surface area contributed by atoms with Crippen LogP contribution in [0.2, 0.25) is 0 Å². The summed E-state index contributed by atoms with van der Waals surface area (Å²) in [5.74, 6) is -0.570. The van der Waals surface area contributed by atoms with E-state index in [0.29, 0.717) is 5.56 Å². The van der Waals surface area contributed by atoms with E-state index in [1.54, 1.807) is 0 Å². The molecule has 60 valence electrons. The van der Waals surface area contributed by atoms with Crippen LogP contribution in [0.15, 0.2) is 42.7 Å². The van der Waals surface area contributed by atoms with Crippen molar-refractivity contribution in [1.29, 1.82) is 0 Å². The van der Waals surface area contributed by atoms with Crippen LogP contribution in [-0.2, 0) is 0 Å². The molecule has 0 radical (unpaired) electrons. The highest BCUT2D eigenvalue weighted by Gasteiger charge is 1.99. The van der Waals surface area contributed by atoms with Crippen molar-refractivity contribution in [3.63, 3.8) is 0 Å². The van der Waals surface area contributed by atoms with Crippen LogP contribution in [0, 0.1) is 5.82 Å². The molecule has 0 aromatic heterocycles. The molecule has 0 atom stereocenters. The molecule has 0 saturated carbocycles. The molecule has 0 aliphatic carbocycles. The third-order valence-electron chi connectivity index (χ3n) is 1.36. The van der Waals surface area contributed by atoms with Gasteiger partial charge in [-0.15, -0.1) is 5.73 Å². The summed E-state index contributed by atoms with van der Waals surface area (Å²) in [6.45, 7) is 3.27. The minimum absolute atomic E-state index is 0.218. The van der Waals surface area contributed by atoms with Crippen molar-refractivity contribution in [3.8, 4) is 0 Å². The monoisotopic (exact) mass is 162 g/mol. The largest absolute Gasteiger partial charge is 0.289 e. The lowest BCUT2D eigenvalue weighted by Gasteiger charge is -1.92. The molecule has 1 aromatic rings. The Hall–Kier alpha value is -1.66. The van der Waals surface area contributed by atoms with Crippen LogP contribution in [0.25, 0.3) is 0 Å². The van der Waals surface area contributed by atoms with Crippen molar-refractivity contribution in [2.75, 3.05) is 0 Å². The first-order valence-electron chi connectivity index (χ1n) is 3.40. The summed E-state index contributed by atoms with van der Waals surface area (Å²) in [7, 11) is 0. The minimum atomic E-state index is -0.353. The van der Waals surface area contributed by atoms with Crippen LogP contribution < -0.4 is 0 Å². The first kappa shape index (κ1) is 8.44. The third kappa shape index (κ3) is 1.91. The van der Waals surface area contributed by atoms with Crippen molar-refractivity contribution in [3.05, 3.63) is 54.0 Å². The van der Waals surface area contributed by atoms with E-state index in [1.165, 1.54) is 30.3 Å². The molecule has 0 amide bonds. The maximum Gasteiger partial charge on any atom is 0.193 e. The lowest BCUT2D eigenvalue weighted by molar-refractivity contribution is 0.104. The van der Waals surface area contributed by atoms with Crippen molar-refractivity contribution in [2.45, 2.75) is 0 Å². The van der Waals surface area contributed by atoms with Crippen LogP contribution in [0.5, 0.6) is 0 Å². The number of carbonyl (C=O) groups is 1. The lowest BCUT2D eigenvalue weighted by Crippen LogP contribution is -1.92. The predicted molar refractivity (Wildman–Crippen MR) is 44.4 cm³/mol. The van der Waals surface area contributed by atoms with E-state index in [4.69, 9.17) is 0 Å². The number of carbonyl (C=O) groups excluding carboxylic acids is 1. The summed E-state index contributed by atoms with van der Waals surface area (Å²) in [4.78, 5) is 11.1. The minimum Gasteiger partial charge on any atom is -0.289 e. The Morgan fingerprint density at radius 3 is 2.50 bits per heavy atom. The molecule has 0 N–H and O–H groups in total. The van der Waals surface area contributed by atoms with Gasteiger partial charge in [-0.1, -0.05) is 6.58 Å². The molecule has 2 heteroatoms. The molecule has 0 spiro atoms. The molecule has 1 aromatic carbocycles. The van der Waals surface area contributed by atoms with E-state index in [0.717, 1.165) is 0 Å². The molecule has 0 aliphatic heterocycles. The zero-order chi connectivity index (χ0) is 8.97. The molecule has 0 heterocycles. The number of halogens is 1. The fraction of sp³-hybridized carbons (Fsp3) is 0. The van der Waals surface area contributed by atoms with E-state index in [-0.39, 0.29) is 11.6 Å². The van der Waals surface area contributed by atoms with Crippen LogP contribution in [-0.4, -0.2) is 5.78 Å². The van der Waals surface area contributed by atoms with Gasteiger partial charge in [0.25, 0.3) is 0 Å². The van der Waals surface area contributed by atoms with Gasteiger partial charge >= 0.3 is 0 Å². The van der Waals surface area contributed by atoms with Gasteiger partial charge in [0.05, 0.1) is 0 Å². The molecule has 0 saturated heterocycles. The zero-order valence-electron chi connectivity index (χ0n) is 6.38. The Bertz CT molecular complexity index is 331. The summed E-state index contributed by atoms with van der Waals surface area (Å²) in [6.07, 6.45) is 1.22. The summed E-state index contributed by atoms with van der Waals surface area (Å²) >= 11 is 0. The van der Waals surface area contributed by atoms with Gasteiger partial charge in [0.15, 0.2) is 5.78 Å². The molecule has 0 unspecified atom stereocenters. The summed E-state index contributed by atoms with van der Waals surface area (Å²) in [5.41, 5.74) is 2.80. The second-order valence-electron chi connectivity index (χ2n) is 2.22. The van der Waals surface area contributed by atoms with Crippen molar-refractivity contribution in [2.24, 2.45) is 0 Å². The summed E-state index contributed by atoms with van der Waals surface area (Å²) < 4.78 is 12.4. The van der Waals surface area contributed by atoms with Gasteiger partial charge in [0, 0.05) is 11.6 Å². The number of hydrogen-bond donors (Lipinski definition) is 0. The first-order chi connectivity index (χ1) is 5.74. The normalized spacial score (nSPS) is 8.75. The zero-order valence-corrected chi connectivity index (χ0v) is 6.38. The molecular weight excluding hydrogens is 155 g/mol. The smallest absolute Gasteiger partial charge is 0.193 e. The van der Waals surface area contributed by atoms with E-state index in [2.05, 4.69) is 12.3 Å². The Labute approximate surface area is 69.8 Å². The maximum absolute atomic E-state index is 12.4. The average molecular weight is 162 g/mol. The van der Waals surface area contributed by atoms with E-state index in [1.807, 2.05) is 0 Å². The van der Waals surface area contributed by atoms with Gasteiger partial charge in [-0.2, -0.15) is 0 Å². The lowest BCUT2D eigenvalue weighted by atomic mass is 10.1. The molecule has 1 rings (SSSR count). The van der Waals surface area contributed by atoms with Gasteiger partial charge in [-0.05, 0) is 24.3 Å². The second kappa shape index (κ2) is 3.65. The first-order valence-corrected chi connectivity index (χ1v) is 3.40. The molecular formula is C10H7FO. The van der Waals surface area contributed by atoms with E-state index >= 15 is 0 Å². The van der Waals surface area contributed by atoms with Crippen LogP contribution in [0.1, 0.15) is 10.4 Å². The number of allylic oxidation sites excluding steroid dienone is 1. The SMILES string of the molecule is C=C=CC(=O)c1ccc(F)cc1. The highest BCUT2D eigenvalue weighted by molar-refractivity contribution is 6.04. The molecule has 0 bridgehead atoms. The summed E-state index contributed by atoms with van der Waals surface area (Å²) in [5, 5.41) is 0. The van der Waals surface area contributed by atoms with Gasteiger partial charge < -0.3 is 0 Å². The van der Waals surface area contributed by atoms with Crippen molar-refractivity contribution >= 4 is 5.78 Å². The van der Waals surface area contributed by atoms with E-state index in [9.17, 15) is 9.18 Å². The van der Waals surface area contributed by atoms with Gasteiger partial charge in [0.1, 0.15) is 5.82 Å². The molecule has 0 aliphatic rings. The standard InChI is InChI=1S/C10H7FO/c1-2-3-10(12)8-4-6-9(11)7-5-8/h3-7H,1H2. The highest BCUT2D eigenvalue weighted by atomic mass is 19.1. The molecule has 0 fully saturated rings. The maximum atomic E-state index is 12.4.